The predicted molar refractivity (Wildman–Crippen MR) is 125 cm³/mol. The third kappa shape index (κ3) is 5.71. The highest BCUT2D eigenvalue weighted by Gasteiger charge is 2.33. The zero-order valence-electron chi connectivity index (χ0n) is 19.1. The van der Waals surface area contributed by atoms with Gasteiger partial charge in [0.05, 0.1) is 0 Å². The molecule has 0 saturated carbocycles. The summed E-state index contributed by atoms with van der Waals surface area (Å²) in [5.74, 6) is -1.27. The van der Waals surface area contributed by atoms with E-state index in [-0.39, 0.29) is 0 Å². The van der Waals surface area contributed by atoms with E-state index < -0.39 is 24.0 Å². The maximum absolute atomic E-state index is 13.0. The van der Waals surface area contributed by atoms with Gasteiger partial charge in [-0.05, 0) is 42.0 Å². The average Bonchev–Trinajstić information content (AvgIpc) is 2.79. The highest BCUT2D eigenvalue weighted by atomic mass is 16.6. The average molecular weight is 431 g/mol. The van der Waals surface area contributed by atoms with Crippen molar-refractivity contribution < 1.29 is 19.1 Å². The fraction of sp³-hybridized carbons (Fsp3) is 0.286. The van der Waals surface area contributed by atoms with E-state index in [2.05, 4.69) is 13.8 Å². The number of hydrogen-bond acceptors (Lipinski definition) is 4. The zero-order valence-corrected chi connectivity index (χ0v) is 19.1. The van der Waals surface area contributed by atoms with Gasteiger partial charge in [0, 0.05) is 12.2 Å². The number of rotatable bonds is 9. The topological polar surface area (TPSA) is 52.6 Å². The lowest BCUT2D eigenvalue weighted by molar-refractivity contribution is -0.154. The van der Waals surface area contributed by atoms with E-state index in [1.807, 2.05) is 62.4 Å². The van der Waals surface area contributed by atoms with Crippen LogP contribution in [0.3, 0.4) is 0 Å². The second-order valence-electron chi connectivity index (χ2n) is 8.38. The first kappa shape index (κ1) is 23.4. The number of aryl methyl sites for hydroxylation is 2. The Morgan fingerprint density at radius 3 is 1.75 bits per heavy atom. The van der Waals surface area contributed by atoms with Crippen molar-refractivity contribution in [2.24, 2.45) is 5.92 Å². The Morgan fingerprint density at radius 1 is 0.719 bits per heavy atom. The third-order valence-electron chi connectivity index (χ3n) is 5.33. The molecular weight excluding hydrogens is 400 g/mol. The number of carbonyl (C=O) groups is 2. The molecule has 0 spiro atoms. The van der Waals surface area contributed by atoms with Gasteiger partial charge in [0.2, 0.25) is 0 Å². The van der Waals surface area contributed by atoms with Gasteiger partial charge >= 0.3 is 5.97 Å². The van der Waals surface area contributed by atoms with Crippen LogP contribution < -0.4 is 0 Å². The molecule has 0 unspecified atom stereocenters. The van der Waals surface area contributed by atoms with Gasteiger partial charge < -0.3 is 9.47 Å². The number of ketones is 1. The fourth-order valence-corrected chi connectivity index (χ4v) is 3.61. The molecule has 0 fully saturated rings. The van der Waals surface area contributed by atoms with Crippen molar-refractivity contribution in [1.82, 2.24) is 0 Å². The second kappa shape index (κ2) is 10.9. The summed E-state index contributed by atoms with van der Waals surface area (Å²) in [6.07, 6.45) is -1.32. The van der Waals surface area contributed by atoms with E-state index in [4.69, 9.17) is 9.47 Å². The molecule has 0 aliphatic heterocycles. The van der Waals surface area contributed by atoms with Crippen LogP contribution in [-0.4, -0.2) is 18.4 Å². The van der Waals surface area contributed by atoms with Gasteiger partial charge in [0.1, 0.15) is 6.10 Å². The fourth-order valence-electron chi connectivity index (χ4n) is 3.61. The maximum atomic E-state index is 13.0. The Hall–Kier alpha value is -3.24. The predicted octanol–water partition coefficient (Wildman–Crippen LogP) is 6.18. The number of esters is 1. The highest BCUT2D eigenvalue weighted by molar-refractivity contribution is 6.40. The molecule has 166 valence electrons. The molecule has 0 aliphatic carbocycles. The lowest BCUT2D eigenvalue weighted by atomic mass is 9.92. The molecule has 0 bridgehead atoms. The summed E-state index contributed by atoms with van der Waals surface area (Å²) < 4.78 is 12.3. The summed E-state index contributed by atoms with van der Waals surface area (Å²) in [7, 11) is 0. The maximum Gasteiger partial charge on any atom is 0.380 e. The quantitative estimate of drug-likeness (QED) is 0.231. The molecule has 0 amide bonds. The number of hydrogen-bond donors (Lipinski definition) is 0. The van der Waals surface area contributed by atoms with Crippen molar-refractivity contribution in [2.45, 2.75) is 39.9 Å². The molecule has 0 N–H and O–H groups in total. The van der Waals surface area contributed by atoms with Crippen LogP contribution in [-0.2, 0) is 14.3 Å². The minimum absolute atomic E-state index is 0.292. The van der Waals surface area contributed by atoms with Crippen molar-refractivity contribution in [3.8, 4) is 0 Å². The Bertz CT molecular complexity index is 1060. The van der Waals surface area contributed by atoms with E-state index in [1.54, 1.807) is 30.3 Å². The van der Waals surface area contributed by atoms with Crippen LogP contribution in [0.1, 0.15) is 58.7 Å². The Kier molecular flexibility index (Phi) is 7.96. The Balaban J connectivity index is 2.03. The Morgan fingerprint density at radius 2 is 1.22 bits per heavy atom. The van der Waals surface area contributed by atoms with Gasteiger partial charge in [-0.25, -0.2) is 4.79 Å². The summed E-state index contributed by atoms with van der Waals surface area (Å²) >= 11 is 0. The minimum atomic E-state index is -0.892. The summed E-state index contributed by atoms with van der Waals surface area (Å²) in [4.78, 5) is 25.7. The molecule has 4 heteroatoms. The van der Waals surface area contributed by atoms with Crippen molar-refractivity contribution in [1.29, 1.82) is 0 Å². The minimum Gasteiger partial charge on any atom is -0.448 e. The van der Waals surface area contributed by atoms with E-state index in [0.29, 0.717) is 18.1 Å². The number of ether oxygens (including phenoxy) is 2. The molecule has 3 rings (SSSR count). The molecule has 0 heterocycles. The van der Waals surface area contributed by atoms with Gasteiger partial charge in [-0.1, -0.05) is 92.7 Å². The smallest absolute Gasteiger partial charge is 0.380 e. The first-order valence-electron chi connectivity index (χ1n) is 10.9. The van der Waals surface area contributed by atoms with Gasteiger partial charge in [0.15, 0.2) is 6.10 Å². The standard InChI is InChI=1S/C28H30O4/c1-19(2)18-31-26(23-16-10-8-12-20(23)3)27(24-17-11-9-13-21(24)4)32-28(30)25(29)22-14-6-5-7-15-22/h5-17,19,26-27H,18H2,1-4H3/t26-,27+/m0/s1. The molecule has 2 atom stereocenters. The van der Waals surface area contributed by atoms with Crippen LogP contribution in [0.5, 0.6) is 0 Å². The number of carbonyl (C=O) groups excluding carboxylic acids is 2. The van der Waals surface area contributed by atoms with Crippen molar-refractivity contribution in [3.05, 3.63) is 107 Å². The van der Waals surface area contributed by atoms with Crippen LogP contribution in [0, 0.1) is 19.8 Å². The summed E-state index contributed by atoms with van der Waals surface area (Å²) in [6, 6.07) is 24.1. The Labute approximate surface area is 190 Å². The molecule has 3 aromatic carbocycles. The molecule has 0 radical (unpaired) electrons. The van der Waals surface area contributed by atoms with E-state index in [0.717, 1.165) is 22.3 Å². The number of Topliss-reactive ketones (excluding diaryl/α,β-unsaturated/α-hetero) is 1. The first-order chi connectivity index (χ1) is 15.4. The first-order valence-corrected chi connectivity index (χ1v) is 10.9. The molecule has 4 nitrogen and oxygen atoms in total. The normalized spacial score (nSPS) is 12.9. The van der Waals surface area contributed by atoms with Crippen molar-refractivity contribution >= 4 is 11.8 Å². The van der Waals surface area contributed by atoms with Gasteiger partial charge in [0.25, 0.3) is 5.78 Å². The van der Waals surface area contributed by atoms with E-state index in [1.165, 1.54) is 0 Å². The molecule has 32 heavy (non-hydrogen) atoms. The van der Waals surface area contributed by atoms with E-state index >= 15 is 0 Å². The van der Waals surface area contributed by atoms with Crippen LogP contribution in [0.25, 0.3) is 0 Å². The summed E-state index contributed by atoms with van der Waals surface area (Å²) in [6.45, 7) is 8.61. The highest BCUT2D eigenvalue weighted by Crippen LogP contribution is 2.38. The summed E-state index contributed by atoms with van der Waals surface area (Å²) in [5.41, 5.74) is 4.05. The van der Waals surface area contributed by atoms with Crippen LogP contribution in [0.2, 0.25) is 0 Å². The molecule has 0 aromatic heterocycles. The van der Waals surface area contributed by atoms with Gasteiger partial charge in [-0.3, -0.25) is 4.79 Å². The van der Waals surface area contributed by atoms with Crippen LogP contribution in [0.4, 0.5) is 0 Å². The SMILES string of the molecule is Cc1ccccc1[C@@H](OC(=O)C(=O)c1ccccc1)[C@@H](OCC(C)C)c1ccccc1C. The van der Waals surface area contributed by atoms with Gasteiger partial charge in [-0.2, -0.15) is 0 Å². The molecular formula is C28H30O4. The third-order valence-corrected chi connectivity index (χ3v) is 5.33. The molecule has 0 saturated heterocycles. The number of benzene rings is 3. The molecule has 3 aromatic rings. The zero-order chi connectivity index (χ0) is 23.1. The lowest BCUT2D eigenvalue weighted by Gasteiger charge is -2.30. The molecule has 0 aliphatic rings. The largest absolute Gasteiger partial charge is 0.448 e. The van der Waals surface area contributed by atoms with Crippen LogP contribution in [0.15, 0.2) is 78.9 Å². The van der Waals surface area contributed by atoms with Crippen molar-refractivity contribution in [2.75, 3.05) is 6.61 Å². The van der Waals surface area contributed by atoms with Crippen molar-refractivity contribution in [3.63, 3.8) is 0 Å². The second-order valence-corrected chi connectivity index (χ2v) is 8.38. The monoisotopic (exact) mass is 430 g/mol. The van der Waals surface area contributed by atoms with Crippen LogP contribution >= 0.6 is 0 Å². The summed E-state index contributed by atoms with van der Waals surface area (Å²) in [5, 5.41) is 0. The van der Waals surface area contributed by atoms with E-state index in [9.17, 15) is 9.59 Å². The van der Waals surface area contributed by atoms with Gasteiger partial charge in [-0.15, -0.1) is 0 Å². The lowest BCUT2D eigenvalue weighted by Crippen LogP contribution is -2.27.